The van der Waals surface area contributed by atoms with Crippen LogP contribution in [0, 0.1) is 0 Å². The van der Waals surface area contributed by atoms with Gasteiger partial charge in [-0.3, -0.25) is 0 Å². The van der Waals surface area contributed by atoms with Crippen LogP contribution in [0.15, 0.2) is 47.4 Å². The van der Waals surface area contributed by atoms with Crippen molar-refractivity contribution in [3.63, 3.8) is 0 Å². The van der Waals surface area contributed by atoms with Crippen LogP contribution < -0.4 is 14.4 Å². The van der Waals surface area contributed by atoms with Crippen molar-refractivity contribution in [2.45, 2.75) is 11.4 Å². The van der Waals surface area contributed by atoms with Crippen molar-refractivity contribution >= 4 is 27.3 Å². The minimum atomic E-state index is -3.63. The van der Waals surface area contributed by atoms with Gasteiger partial charge in [0, 0.05) is 26.3 Å². The van der Waals surface area contributed by atoms with E-state index in [2.05, 4.69) is 4.72 Å². The van der Waals surface area contributed by atoms with Crippen molar-refractivity contribution in [1.82, 2.24) is 4.72 Å². The van der Waals surface area contributed by atoms with Gasteiger partial charge in [-0.05, 0) is 35.9 Å². The zero-order valence-electron chi connectivity index (χ0n) is 13.2. The van der Waals surface area contributed by atoms with E-state index < -0.39 is 10.0 Å². The van der Waals surface area contributed by atoms with E-state index in [0.717, 1.165) is 11.3 Å². The second-order valence-electron chi connectivity index (χ2n) is 5.18. The molecule has 0 unspecified atom stereocenters. The predicted molar refractivity (Wildman–Crippen MR) is 92.8 cm³/mol. The third kappa shape index (κ3) is 4.37. The fraction of sp³-hybridized carbons (Fsp3) is 0.250. The smallest absolute Gasteiger partial charge is 0.240 e. The molecule has 0 saturated carbocycles. The van der Waals surface area contributed by atoms with E-state index in [1.807, 2.05) is 43.3 Å². The molecule has 0 atom stereocenters. The van der Waals surface area contributed by atoms with E-state index >= 15 is 0 Å². The van der Waals surface area contributed by atoms with E-state index in [9.17, 15) is 8.42 Å². The molecule has 0 fully saturated rings. The SMILES string of the molecule is COc1ccc(S(=O)(=O)NCc2ccc(N(C)C)cc2)cc1Cl. The molecule has 0 aliphatic rings. The second-order valence-corrected chi connectivity index (χ2v) is 7.36. The summed E-state index contributed by atoms with van der Waals surface area (Å²) in [6.45, 7) is 0.208. The van der Waals surface area contributed by atoms with Gasteiger partial charge in [-0.2, -0.15) is 0 Å². The van der Waals surface area contributed by atoms with E-state index in [1.54, 1.807) is 0 Å². The largest absolute Gasteiger partial charge is 0.495 e. The molecule has 0 heterocycles. The quantitative estimate of drug-likeness (QED) is 0.866. The Morgan fingerprint density at radius 2 is 1.78 bits per heavy atom. The molecule has 7 heteroatoms. The van der Waals surface area contributed by atoms with Gasteiger partial charge in [-0.1, -0.05) is 23.7 Å². The lowest BCUT2D eigenvalue weighted by Gasteiger charge is -2.13. The third-order valence-corrected chi connectivity index (χ3v) is 5.05. The second kappa shape index (κ2) is 7.21. The molecule has 0 amide bonds. The third-order valence-electron chi connectivity index (χ3n) is 3.35. The molecule has 124 valence electrons. The Morgan fingerprint density at radius 1 is 1.13 bits per heavy atom. The summed E-state index contributed by atoms with van der Waals surface area (Å²) in [4.78, 5) is 2.08. The van der Waals surface area contributed by atoms with E-state index in [-0.39, 0.29) is 16.5 Å². The maximum absolute atomic E-state index is 12.3. The van der Waals surface area contributed by atoms with Gasteiger partial charge in [0.1, 0.15) is 5.75 Å². The van der Waals surface area contributed by atoms with Gasteiger partial charge in [0.05, 0.1) is 17.0 Å². The van der Waals surface area contributed by atoms with Gasteiger partial charge >= 0.3 is 0 Å². The van der Waals surface area contributed by atoms with Crippen molar-refractivity contribution < 1.29 is 13.2 Å². The molecule has 0 bridgehead atoms. The molecular weight excluding hydrogens is 336 g/mol. The summed E-state index contributed by atoms with van der Waals surface area (Å²) in [5, 5.41) is 0.255. The Labute approximate surface area is 141 Å². The van der Waals surface area contributed by atoms with Crippen LogP contribution in [0.1, 0.15) is 5.56 Å². The van der Waals surface area contributed by atoms with Crippen LogP contribution in [0.5, 0.6) is 5.75 Å². The number of rotatable bonds is 6. The molecule has 0 saturated heterocycles. The Hall–Kier alpha value is -1.76. The molecule has 2 rings (SSSR count). The van der Waals surface area contributed by atoms with Crippen LogP contribution in [0.4, 0.5) is 5.69 Å². The minimum Gasteiger partial charge on any atom is -0.495 e. The monoisotopic (exact) mass is 354 g/mol. The van der Waals surface area contributed by atoms with Gasteiger partial charge in [-0.15, -0.1) is 0 Å². The first-order valence-corrected chi connectivity index (χ1v) is 8.79. The highest BCUT2D eigenvalue weighted by atomic mass is 35.5. The summed E-state index contributed by atoms with van der Waals surface area (Å²) in [5.74, 6) is 0.435. The first-order valence-electron chi connectivity index (χ1n) is 6.93. The van der Waals surface area contributed by atoms with Gasteiger partial charge < -0.3 is 9.64 Å². The number of ether oxygens (including phenoxy) is 1. The zero-order valence-corrected chi connectivity index (χ0v) is 14.8. The summed E-state index contributed by atoms with van der Waals surface area (Å²) >= 11 is 5.98. The molecule has 0 aromatic heterocycles. The highest BCUT2D eigenvalue weighted by Crippen LogP contribution is 2.26. The summed E-state index contributed by atoms with van der Waals surface area (Å²) in [5.41, 5.74) is 1.93. The summed E-state index contributed by atoms with van der Waals surface area (Å²) in [6, 6.07) is 12.0. The number of hydrogen-bond donors (Lipinski definition) is 1. The maximum atomic E-state index is 12.3. The lowest BCUT2D eigenvalue weighted by atomic mass is 10.2. The Kier molecular flexibility index (Phi) is 5.51. The molecule has 0 aliphatic heterocycles. The zero-order chi connectivity index (χ0) is 17.0. The average molecular weight is 355 g/mol. The fourth-order valence-corrected chi connectivity index (χ4v) is 3.35. The fourth-order valence-electron chi connectivity index (χ4n) is 1.99. The lowest BCUT2D eigenvalue weighted by molar-refractivity contribution is 0.414. The number of nitrogens with one attached hydrogen (secondary N) is 1. The number of anilines is 1. The van der Waals surface area contributed by atoms with Crippen molar-refractivity contribution in [2.24, 2.45) is 0 Å². The highest BCUT2D eigenvalue weighted by molar-refractivity contribution is 7.89. The molecule has 0 radical (unpaired) electrons. The number of hydrogen-bond acceptors (Lipinski definition) is 4. The molecule has 0 spiro atoms. The van der Waals surface area contributed by atoms with E-state index in [0.29, 0.717) is 5.75 Å². The number of benzene rings is 2. The molecule has 5 nitrogen and oxygen atoms in total. The number of methoxy groups -OCH3 is 1. The van der Waals surface area contributed by atoms with Crippen LogP contribution in [-0.2, 0) is 16.6 Å². The number of sulfonamides is 1. The molecule has 1 N–H and O–H groups in total. The van der Waals surface area contributed by atoms with Crippen molar-refractivity contribution in [1.29, 1.82) is 0 Å². The van der Waals surface area contributed by atoms with Crippen LogP contribution >= 0.6 is 11.6 Å². The predicted octanol–water partition coefficient (Wildman–Crippen LogP) is 2.89. The lowest BCUT2D eigenvalue weighted by Crippen LogP contribution is -2.23. The highest BCUT2D eigenvalue weighted by Gasteiger charge is 2.15. The number of nitrogens with zero attached hydrogens (tertiary/aromatic N) is 1. The topological polar surface area (TPSA) is 58.6 Å². The molecule has 2 aromatic rings. The Balaban J connectivity index is 2.10. The normalized spacial score (nSPS) is 11.3. The van der Waals surface area contributed by atoms with Crippen LogP contribution in [0.3, 0.4) is 0 Å². The summed E-state index contributed by atoms with van der Waals surface area (Å²) in [6.07, 6.45) is 0. The van der Waals surface area contributed by atoms with Crippen molar-refractivity contribution in [3.8, 4) is 5.75 Å². The van der Waals surface area contributed by atoms with Crippen LogP contribution in [0.2, 0.25) is 5.02 Å². The standard InChI is InChI=1S/C16H19ClN2O3S/c1-19(2)13-6-4-12(5-7-13)11-18-23(20,21)14-8-9-16(22-3)15(17)10-14/h4-10,18H,11H2,1-3H3. The van der Waals surface area contributed by atoms with Gasteiger partial charge in [0.2, 0.25) is 10.0 Å². The van der Waals surface area contributed by atoms with E-state index in [1.165, 1.54) is 25.3 Å². The Morgan fingerprint density at radius 3 is 2.30 bits per heavy atom. The van der Waals surface area contributed by atoms with Crippen LogP contribution in [-0.4, -0.2) is 29.6 Å². The van der Waals surface area contributed by atoms with Gasteiger partial charge in [-0.25, -0.2) is 13.1 Å². The van der Waals surface area contributed by atoms with E-state index in [4.69, 9.17) is 16.3 Å². The minimum absolute atomic E-state index is 0.105. The summed E-state index contributed by atoms with van der Waals surface area (Å²) < 4.78 is 32.2. The van der Waals surface area contributed by atoms with Gasteiger partial charge in [0.25, 0.3) is 0 Å². The molecule has 23 heavy (non-hydrogen) atoms. The van der Waals surface area contributed by atoms with Gasteiger partial charge in [0.15, 0.2) is 0 Å². The Bertz CT molecular complexity index is 774. The first-order chi connectivity index (χ1) is 10.8. The molecule has 0 aliphatic carbocycles. The molecule has 2 aromatic carbocycles. The molecular formula is C16H19ClN2O3S. The maximum Gasteiger partial charge on any atom is 0.240 e. The average Bonchev–Trinajstić information content (AvgIpc) is 2.53. The van der Waals surface area contributed by atoms with Crippen molar-refractivity contribution in [2.75, 3.05) is 26.1 Å². The first kappa shape index (κ1) is 17.6. The number of halogens is 1. The van der Waals surface area contributed by atoms with Crippen molar-refractivity contribution in [3.05, 3.63) is 53.1 Å². The van der Waals surface area contributed by atoms with Crippen LogP contribution in [0.25, 0.3) is 0 Å². The summed E-state index contributed by atoms with van der Waals surface area (Å²) in [7, 11) is 1.74.